The molecule has 0 amide bonds. The van der Waals surface area contributed by atoms with Crippen LogP contribution in [0.5, 0.6) is 28.7 Å². The standard InChI is InChI=1S/C22H28O6/c1-5-6-7-8-13-27-22(23)16-9-11-17(12-10-16)28-18-14-19(24-2)21(26-4)20(15-18)25-3/h9-12,14-15H,5-8,13H2,1-4H3. The number of unbranched alkanes of at least 4 members (excludes halogenated alkanes) is 3. The Hall–Kier alpha value is -2.89. The molecule has 6 heteroatoms. The Bertz CT molecular complexity index is 729. The van der Waals surface area contributed by atoms with Crippen molar-refractivity contribution < 1.29 is 28.5 Å². The Morgan fingerprint density at radius 1 is 0.821 bits per heavy atom. The Labute approximate surface area is 166 Å². The summed E-state index contributed by atoms with van der Waals surface area (Å²) in [5.41, 5.74) is 0.493. The van der Waals surface area contributed by atoms with E-state index in [9.17, 15) is 4.79 Å². The van der Waals surface area contributed by atoms with Crippen molar-refractivity contribution in [1.82, 2.24) is 0 Å². The van der Waals surface area contributed by atoms with Crippen LogP contribution in [0, 0.1) is 0 Å². The molecule has 0 spiro atoms. The number of esters is 1. The van der Waals surface area contributed by atoms with E-state index in [1.165, 1.54) is 0 Å². The van der Waals surface area contributed by atoms with Gasteiger partial charge in [-0.3, -0.25) is 0 Å². The number of benzene rings is 2. The molecule has 2 aromatic rings. The third-order valence-electron chi connectivity index (χ3n) is 4.20. The minimum absolute atomic E-state index is 0.323. The monoisotopic (exact) mass is 388 g/mol. The van der Waals surface area contributed by atoms with Crippen LogP contribution in [-0.2, 0) is 4.74 Å². The maximum atomic E-state index is 12.1. The van der Waals surface area contributed by atoms with Gasteiger partial charge in [0, 0.05) is 12.1 Å². The number of carbonyl (C=O) groups excluding carboxylic acids is 1. The molecule has 0 aromatic heterocycles. The lowest BCUT2D eigenvalue weighted by atomic mass is 10.2. The van der Waals surface area contributed by atoms with Gasteiger partial charge < -0.3 is 23.7 Å². The van der Waals surface area contributed by atoms with Gasteiger partial charge in [-0.25, -0.2) is 4.79 Å². The molecule has 2 aromatic carbocycles. The third-order valence-corrected chi connectivity index (χ3v) is 4.20. The number of rotatable bonds is 11. The molecule has 0 aliphatic carbocycles. The summed E-state index contributed by atoms with van der Waals surface area (Å²) in [4.78, 5) is 12.1. The van der Waals surface area contributed by atoms with E-state index in [1.807, 2.05) is 0 Å². The molecule has 0 saturated heterocycles. The highest BCUT2D eigenvalue weighted by atomic mass is 16.5. The summed E-state index contributed by atoms with van der Waals surface area (Å²) < 4.78 is 27.1. The highest BCUT2D eigenvalue weighted by Gasteiger charge is 2.14. The average molecular weight is 388 g/mol. The molecule has 28 heavy (non-hydrogen) atoms. The molecular weight excluding hydrogens is 360 g/mol. The molecule has 0 aliphatic rings. The molecule has 0 N–H and O–H groups in total. The van der Waals surface area contributed by atoms with Gasteiger partial charge in [-0.1, -0.05) is 26.2 Å². The quantitative estimate of drug-likeness (QED) is 0.387. The van der Waals surface area contributed by atoms with Crippen molar-refractivity contribution in [2.45, 2.75) is 32.6 Å². The first-order valence-corrected chi connectivity index (χ1v) is 9.38. The molecule has 0 aliphatic heterocycles. The summed E-state index contributed by atoms with van der Waals surface area (Å²) in [7, 11) is 4.63. The van der Waals surface area contributed by atoms with E-state index in [2.05, 4.69) is 6.92 Å². The van der Waals surface area contributed by atoms with Gasteiger partial charge in [0.25, 0.3) is 0 Å². The minimum Gasteiger partial charge on any atom is -0.493 e. The van der Waals surface area contributed by atoms with E-state index in [0.29, 0.717) is 40.9 Å². The van der Waals surface area contributed by atoms with Crippen molar-refractivity contribution in [2.75, 3.05) is 27.9 Å². The first kappa shape index (κ1) is 21.4. The molecule has 152 valence electrons. The van der Waals surface area contributed by atoms with Crippen LogP contribution in [0.4, 0.5) is 0 Å². The van der Waals surface area contributed by atoms with Gasteiger partial charge in [0.2, 0.25) is 5.75 Å². The lowest BCUT2D eigenvalue weighted by molar-refractivity contribution is 0.0498. The van der Waals surface area contributed by atoms with Crippen LogP contribution in [0.25, 0.3) is 0 Å². The molecule has 6 nitrogen and oxygen atoms in total. The largest absolute Gasteiger partial charge is 0.493 e. The summed E-state index contributed by atoms with van der Waals surface area (Å²) in [5, 5.41) is 0. The lowest BCUT2D eigenvalue weighted by Gasteiger charge is -2.14. The molecule has 0 fully saturated rings. The zero-order valence-electron chi connectivity index (χ0n) is 16.9. The van der Waals surface area contributed by atoms with Gasteiger partial charge in [0.05, 0.1) is 33.5 Å². The van der Waals surface area contributed by atoms with E-state index >= 15 is 0 Å². The normalized spacial score (nSPS) is 10.3. The first-order valence-electron chi connectivity index (χ1n) is 9.38. The zero-order valence-corrected chi connectivity index (χ0v) is 16.9. The second kappa shape index (κ2) is 11.1. The van der Waals surface area contributed by atoms with Crippen molar-refractivity contribution in [1.29, 1.82) is 0 Å². The summed E-state index contributed by atoms with van der Waals surface area (Å²) in [6.07, 6.45) is 4.28. The van der Waals surface area contributed by atoms with Crippen molar-refractivity contribution >= 4 is 5.97 Å². The Morgan fingerprint density at radius 2 is 1.46 bits per heavy atom. The predicted molar refractivity (Wildman–Crippen MR) is 107 cm³/mol. The van der Waals surface area contributed by atoms with Crippen LogP contribution < -0.4 is 18.9 Å². The third kappa shape index (κ3) is 5.81. The zero-order chi connectivity index (χ0) is 20.4. The number of hydrogen-bond donors (Lipinski definition) is 0. The molecular formula is C22H28O6. The Balaban J connectivity index is 2.01. The van der Waals surface area contributed by atoms with Gasteiger partial charge in [-0.15, -0.1) is 0 Å². The van der Waals surface area contributed by atoms with Crippen molar-refractivity contribution in [3.63, 3.8) is 0 Å². The van der Waals surface area contributed by atoms with Crippen LogP contribution >= 0.6 is 0 Å². The molecule has 2 rings (SSSR count). The number of ether oxygens (including phenoxy) is 5. The highest BCUT2D eigenvalue weighted by molar-refractivity contribution is 5.89. The van der Waals surface area contributed by atoms with E-state index in [0.717, 1.165) is 25.7 Å². The maximum absolute atomic E-state index is 12.1. The van der Waals surface area contributed by atoms with Gasteiger partial charge >= 0.3 is 5.97 Å². The summed E-state index contributed by atoms with van der Waals surface area (Å²) in [5.74, 6) is 2.28. The number of methoxy groups -OCH3 is 3. The van der Waals surface area contributed by atoms with E-state index in [1.54, 1.807) is 57.7 Å². The van der Waals surface area contributed by atoms with Crippen LogP contribution in [0.2, 0.25) is 0 Å². The summed E-state index contributed by atoms with van der Waals surface area (Å²) >= 11 is 0. The molecule has 0 saturated carbocycles. The predicted octanol–water partition coefficient (Wildman–Crippen LogP) is 5.24. The van der Waals surface area contributed by atoms with Crippen LogP contribution in [0.3, 0.4) is 0 Å². The van der Waals surface area contributed by atoms with Gasteiger partial charge in [0.1, 0.15) is 11.5 Å². The average Bonchev–Trinajstić information content (AvgIpc) is 2.73. The fourth-order valence-electron chi connectivity index (χ4n) is 2.69. The van der Waals surface area contributed by atoms with E-state index in [-0.39, 0.29) is 5.97 Å². The second-order valence-electron chi connectivity index (χ2n) is 6.18. The van der Waals surface area contributed by atoms with Crippen LogP contribution in [-0.4, -0.2) is 33.9 Å². The second-order valence-corrected chi connectivity index (χ2v) is 6.18. The van der Waals surface area contributed by atoms with Crippen molar-refractivity contribution in [3.8, 4) is 28.7 Å². The molecule has 0 heterocycles. The summed E-state index contributed by atoms with van der Waals surface area (Å²) in [6.45, 7) is 2.59. The van der Waals surface area contributed by atoms with Gasteiger partial charge in [-0.2, -0.15) is 0 Å². The SMILES string of the molecule is CCCCCCOC(=O)c1ccc(Oc2cc(OC)c(OC)c(OC)c2)cc1. The van der Waals surface area contributed by atoms with Gasteiger partial charge in [-0.05, 0) is 30.7 Å². The van der Waals surface area contributed by atoms with Crippen molar-refractivity contribution in [3.05, 3.63) is 42.0 Å². The number of hydrogen-bond acceptors (Lipinski definition) is 6. The Morgan fingerprint density at radius 3 is 2.00 bits per heavy atom. The fourth-order valence-corrected chi connectivity index (χ4v) is 2.69. The number of carbonyl (C=O) groups is 1. The van der Waals surface area contributed by atoms with Crippen molar-refractivity contribution in [2.24, 2.45) is 0 Å². The first-order chi connectivity index (χ1) is 13.6. The summed E-state index contributed by atoms with van der Waals surface area (Å²) in [6, 6.07) is 10.2. The molecule has 0 radical (unpaired) electrons. The van der Waals surface area contributed by atoms with Crippen LogP contribution in [0.15, 0.2) is 36.4 Å². The maximum Gasteiger partial charge on any atom is 0.338 e. The lowest BCUT2D eigenvalue weighted by Crippen LogP contribution is -2.06. The van der Waals surface area contributed by atoms with Crippen LogP contribution in [0.1, 0.15) is 43.0 Å². The van der Waals surface area contributed by atoms with E-state index < -0.39 is 0 Å². The Kier molecular flexibility index (Phi) is 8.46. The van der Waals surface area contributed by atoms with E-state index in [4.69, 9.17) is 23.7 Å². The fraction of sp³-hybridized carbons (Fsp3) is 0.409. The smallest absolute Gasteiger partial charge is 0.338 e. The topological polar surface area (TPSA) is 63.2 Å². The minimum atomic E-state index is -0.323. The highest BCUT2D eigenvalue weighted by Crippen LogP contribution is 2.41. The molecule has 0 bridgehead atoms. The molecule has 0 atom stereocenters. The molecule has 0 unspecified atom stereocenters. The van der Waals surface area contributed by atoms with Gasteiger partial charge in [0.15, 0.2) is 11.5 Å².